The molecule has 8 atom stereocenters. The van der Waals surface area contributed by atoms with E-state index in [9.17, 15) is 25.2 Å². The van der Waals surface area contributed by atoms with Gasteiger partial charge in [-0.15, -0.1) is 0 Å². The zero-order chi connectivity index (χ0) is 33.2. The molecule has 0 unspecified atom stereocenters. The summed E-state index contributed by atoms with van der Waals surface area (Å²) in [5.74, 6) is 5.69. The molecule has 2 aliphatic heterocycles. The lowest BCUT2D eigenvalue weighted by Crippen LogP contribution is -2.39. The molecule has 250 valence electrons. The molecule has 6 heterocycles. The van der Waals surface area contributed by atoms with Gasteiger partial charge in [0.25, 0.3) is 0 Å². The molecule has 0 aromatic carbocycles. The quantitative estimate of drug-likeness (QED) is 0.0602. The summed E-state index contributed by atoms with van der Waals surface area (Å²) in [6.07, 6.45) is -4.84. The second-order valence-corrected chi connectivity index (χ2v) is 10.9. The van der Waals surface area contributed by atoms with Crippen molar-refractivity contribution < 1.29 is 39.4 Å². The van der Waals surface area contributed by atoms with Crippen molar-refractivity contribution in [1.82, 2.24) is 44.4 Å². The number of hydrogen-bond donors (Lipinski definition) is 8. The lowest BCUT2D eigenvalue weighted by atomic mass is 10.1. The van der Waals surface area contributed by atoms with Crippen molar-refractivity contribution in [3.8, 4) is 11.8 Å². The highest BCUT2D eigenvalue weighted by Crippen LogP contribution is 2.34. The van der Waals surface area contributed by atoms with Crippen LogP contribution in [0.2, 0.25) is 0 Å². The third-order valence-electron chi connectivity index (χ3n) is 7.86. The minimum Gasteiger partial charge on any atom is -0.387 e. The van der Waals surface area contributed by atoms with Gasteiger partial charge in [0, 0.05) is 13.0 Å². The van der Waals surface area contributed by atoms with Crippen LogP contribution in [0.4, 0.5) is 11.6 Å². The number of aliphatic hydroxyl groups is 4. The zero-order valence-electron chi connectivity index (χ0n) is 24.8. The standard InChI is InChI=1S/C27H34N12O8/c28-5-1-4-15(40)31-7-12-18(41)21(44)27(46-12)39-14(37-17-23(30)33-10-35-25(17)39)3-2-6-45-8-13-19(42)20(43)26(47-13)38-11-36-16-22(29)32-9-34-24(16)38/h9-13,18-21,26-27,41-44H,1,4-8,28H2,(H,31,40)(H2,29,32,34)(H2,30,33,35)/t12-,13-,18-,19-,20-,21-,26-,27-/m1/s1. The molecule has 11 N–H and O–H groups in total. The molecular formula is C27H34N12O8. The normalized spacial score (nSPS) is 27.3. The molecule has 2 fully saturated rings. The molecule has 0 saturated carbocycles. The first-order chi connectivity index (χ1) is 22.7. The minimum absolute atomic E-state index is 0.0553. The van der Waals surface area contributed by atoms with Crippen LogP contribution in [0.3, 0.4) is 0 Å². The number of fused-ring (bicyclic) bond motifs is 2. The Morgan fingerprint density at radius 2 is 1.60 bits per heavy atom. The first kappa shape index (κ1) is 32.4. The molecule has 20 heteroatoms. The Morgan fingerprint density at radius 1 is 0.915 bits per heavy atom. The van der Waals surface area contributed by atoms with Gasteiger partial charge >= 0.3 is 0 Å². The van der Waals surface area contributed by atoms with Crippen LogP contribution in [0.25, 0.3) is 22.3 Å². The molecule has 20 nitrogen and oxygen atoms in total. The van der Waals surface area contributed by atoms with E-state index in [4.69, 9.17) is 31.4 Å². The van der Waals surface area contributed by atoms with E-state index in [1.54, 1.807) is 0 Å². The lowest BCUT2D eigenvalue weighted by molar-refractivity contribution is -0.122. The van der Waals surface area contributed by atoms with Crippen LogP contribution in [0.1, 0.15) is 31.1 Å². The largest absolute Gasteiger partial charge is 0.387 e. The van der Waals surface area contributed by atoms with Crippen molar-refractivity contribution in [1.29, 1.82) is 0 Å². The molecule has 6 rings (SSSR count). The molecule has 0 radical (unpaired) electrons. The number of nitrogens with zero attached hydrogens (tertiary/aromatic N) is 8. The van der Waals surface area contributed by atoms with Crippen molar-refractivity contribution in [2.75, 3.05) is 37.8 Å². The molecule has 2 saturated heterocycles. The fraction of sp³-hybridized carbons (Fsp3) is 0.519. The molecular weight excluding hydrogens is 620 g/mol. The van der Waals surface area contributed by atoms with Crippen LogP contribution in [-0.2, 0) is 19.0 Å². The van der Waals surface area contributed by atoms with Gasteiger partial charge in [0.05, 0.1) is 12.9 Å². The topological polar surface area (TPSA) is 303 Å². The Kier molecular flexibility index (Phi) is 9.39. The zero-order valence-corrected chi connectivity index (χ0v) is 24.8. The first-order valence-corrected chi connectivity index (χ1v) is 14.7. The van der Waals surface area contributed by atoms with E-state index in [0.29, 0.717) is 24.1 Å². The van der Waals surface area contributed by atoms with Crippen molar-refractivity contribution in [2.45, 2.75) is 61.9 Å². The number of nitrogens with one attached hydrogen (secondary N) is 1. The molecule has 0 aliphatic carbocycles. The van der Waals surface area contributed by atoms with E-state index < -0.39 is 49.1 Å². The highest BCUT2D eigenvalue weighted by Gasteiger charge is 2.46. The molecule has 2 aliphatic rings. The second-order valence-electron chi connectivity index (χ2n) is 10.9. The number of imidazole rings is 2. The van der Waals surface area contributed by atoms with Gasteiger partial charge in [-0.2, -0.15) is 0 Å². The molecule has 4 aromatic heterocycles. The Labute approximate surface area is 265 Å². The summed E-state index contributed by atoms with van der Waals surface area (Å²) in [4.78, 5) is 36.9. The second kappa shape index (κ2) is 13.6. The van der Waals surface area contributed by atoms with Gasteiger partial charge in [-0.25, -0.2) is 29.9 Å². The van der Waals surface area contributed by atoms with Gasteiger partial charge < -0.3 is 57.2 Å². The summed E-state index contributed by atoms with van der Waals surface area (Å²) in [6, 6.07) is 0. The van der Waals surface area contributed by atoms with E-state index in [-0.39, 0.29) is 60.7 Å². The van der Waals surface area contributed by atoms with Gasteiger partial charge in [0.2, 0.25) is 5.91 Å². The summed E-state index contributed by atoms with van der Waals surface area (Å²) in [5, 5.41) is 45.6. The van der Waals surface area contributed by atoms with E-state index in [1.165, 1.54) is 28.1 Å². The lowest BCUT2D eigenvalue weighted by Gasteiger charge is -2.18. The number of carbonyl (C=O) groups excluding carboxylic acids is 1. The predicted molar refractivity (Wildman–Crippen MR) is 160 cm³/mol. The maximum absolute atomic E-state index is 12.1. The van der Waals surface area contributed by atoms with Crippen LogP contribution in [0.5, 0.6) is 0 Å². The number of carbonyl (C=O) groups is 1. The van der Waals surface area contributed by atoms with Gasteiger partial charge in [0.1, 0.15) is 61.4 Å². The van der Waals surface area contributed by atoms with Gasteiger partial charge in [-0.05, 0) is 18.9 Å². The number of ether oxygens (including phenoxy) is 3. The Balaban J connectivity index is 1.13. The number of amides is 1. The third-order valence-corrected chi connectivity index (χ3v) is 7.86. The fourth-order valence-electron chi connectivity index (χ4n) is 5.43. The Hall–Kier alpha value is -4.59. The van der Waals surface area contributed by atoms with Crippen LogP contribution in [0, 0.1) is 11.8 Å². The summed E-state index contributed by atoms with van der Waals surface area (Å²) < 4.78 is 20.3. The van der Waals surface area contributed by atoms with Gasteiger partial charge in [-0.1, -0.05) is 5.92 Å². The van der Waals surface area contributed by atoms with Crippen LogP contribution < -0.4 is 22.5 Å². The number of aliphatic hydroxyl groups excluding tert-OH is 4. The summed E-state index contributed by atoms with van der Waals surface area (Å²) >= 11 is 0. The van der Waals surface area contributed by atoms with Crippen LogP contribution >= 0.6 is 0 Å². The SMILES string of the molecule is NCCCC(=O)NC[C@H]1O[C@@H](n2c(C#CCOC[C@H]3O[C@@H](n4cnc5c(N)ncnc54)[C@H](O)[C@@H]3O)nc3c(N)ncnc32)[C@H](O)[C@@H]1O. The van der Waals surface area contributed by atoms with Crippen molar-refractivity contribution >= 4 is 39.9 Å². The highest BCUT2D eigenvalue weighted by molar-refractivity contribution is 5.83. The average molecular weight is 655 g/mol. The first-order valence-electron chi connectivity index (χ1n) is 14.7. The number of hydrogen-bond acceptors (Lipinski definition) is 17. The number of anilines is 2. The van der Waals surface area contributed by atoms with E-state index >= 15 is 0 Å². The van der Waals surface area contributed by atoms with E-state index in [1.807, 2.05) is 0 Å². The summed E-state index contributed by atoms with van der Waals surface area (Å²) in [5.41, 5.74) is 18.4. The summed E-state index contributed by atoms with van der Waals surface area (Å²) in [6.45, 7) is 0.0295. The van der Waals surface area contributed by atoms with Gasteiger partial charge in [0.15, 0.2) is 46.7 Å². The molecule has 0 spiro atoms. The molecule has 0 bridgehead atoms. The Morgan fingerprint density at radius 3 is 2.36 bits per heavy atom. The predicted octanol–water partition coefficient (Wildman–Crippen LogP) is -3.71. The molecule has 1 amide bonds. The number of nitrogen functional groups attached to an aromatic ring is 2. The number of rotatable bonds is 10. The Bertz CT molecular complexity index is 1810. The van der Waals surface area contributed by atoms with E-state index in [0.717, 1.165) is 0 Å². The minimum atomic E-state index is -1.43. The van der Waals surface area contributed by atoms with E-state index in [2.05, 4.69) is 47.1 Å². The smallest absolute Gasteiger partial charge is 0.220 e. The fourth-order valence-corrected chi connectivity index (χ4v) is 5.43. The maximum atomic E-state index is 12.1. The van der Waals surface area contributed by atoms with Crippen molar-refractivity contribution in [3.05, 3.63) is 24.8 Å². The summed E-state index contributed by atoms with van der Waals surface area (Å²) in [7, 11) is 0. The van der Waals surface area contributed by atoms with Gasteiger partial charge in [-0.3, -0.25) is 13.9 Å². The van der Waals surface area contributed by atoms with Crippen LogP contribution in [0.15, 0.2) is 19.0 Å². The van der Waals surface area contributed by atoms with Crippen molar-refractivity contribution in [3.63, 3.8) is 0 Å². The monoisotopic (exact) mass is 654 g/mol. The molecule has 47 heavy (non-hydrogen) atoms. The average Bonchev–Trinajstić information content (AvgIpc) is 3.80. The number of nitrogens with two attached hydrogens (primary N) is 3. The van der Waals surface area contributed by atoms with Crippen LogP contribution in [-0.4, -0.2) is 128 Å². The molecule has 4 aromatic rings. The number of aromatic nitrogens is 8. The third kappa shape index (κ3) is 6.25. The maximum Gasteiger partial charge on any atom is 0.220 e. The highest BCUT2D eigenvalue weighted by atomic mass is 16.6. The van der Waals surface area contributed by atoms with Crippen molar-refractivity contribution in [2.24, 2.45) is 5.73 Å².